The molecule has 0 unspecified atom stereocenters. The monoisotopic (exact) mass is 248 g/mol. The molecule has 0 saturated heterocycles. The Balaban J connectivity index is 2.47. The SMILES string of the molecule is CNCCCc1cc2ccc(F)cc2n(C)c1=O. The Kier molecular flexibility index (Phi) is 3.77. The average molecular weight is 248 g/mol. The minimum Gasteiger partial charge on any atom is -0.320 e. The van der Waals surface area contributed by atoms with E-state index in [1.807, 2.05) is 13.1 Å². The minimum atomic E-state index is -0.319. The molecular weight excluding hydrogens is 231 g/mol. The van der Waals surface area contributed by atoms with Crippen molar-refractivity contribution in [3.05, 3.63) is 46.0 Å². The molecule has 0 amide bonds. The third-order valence-electron chi connectivity index (χ3n) is 3.14. The summed E-state index contributed by atoms with van der Waals surface area (Å²) in [6, 6.07) is 6.40. The van der Waals surface area contributed by atoms with Gasteiger partial charge in [-0.3, -0.25) is 4.79 Å². The summed E-state index contributed by atoms with van der Waals surface area (Å²) in [7, 11) is 3.58. The Morgan fingerprint density at radius 2 is 2.11 bits per heavy atom. The van der Waals surface area contributed by atoms with Crippen molar-refractivity contribution < 1.29 is 4.39 Å². The number of aromatic nitrogens is 1. The van der Waals surface area contributed by atoms with E-state index in [-0.39, 0.29) is 11.4 Å². The molecule has 4 heteroatoms. The number of nitrogens with one attached hydrogen (secondary N) is 1. The topological polar surface area (TPSA) is 34.0 Å². The van der Waals surface area contributed by atoms with E-state index in [0.717, 1.165) is 30.3 Å². The van der Waals surface area contributed by atoms with Crippen LogP contribution in [0.25, 0.3) is 10.9 Å². The summed E-state index contributed by atoms with van der Waals surface area (Å²) in [6.07, 6.45) is 1.65. The van der Waals surface area contributed by atoms with Gasteiger partial charge >= 0.3 is 0 Å². The summed E-state index contributed by atoms with van der Waals surface area (Å²) >= 11 is 0. The number of nitrogens with zero attached hydrogens (tertiary/aromatic N) is 1. The van der Waals surface area contributed by atoms with Crippen LogP contribution in [0.15, 0.2) is 29.1 Å². The zero-order valence-corrected chi connectivity index (χ0v) is 10.7. The Morgan fingerprint density at radius 1 is 1.33 bits per heavy atom. The van der Waals surface area contributed by atoms with E-state index >= 15 is 0 Å². The zero-order valence-electron chi connectivity index (χ0n) is 10.7. The maximum atomic E-state index is 13.2. The molecule has 0 aliphatic carbocycles. The highest BCUT2D eigenvalue weighted by molar-refractivity contribution is 5.79. The van der Waals surface area contributed by atoms with Crippen LogP contribution in [0.5, 0.6) is 0 Å². The van der Waals surface area contributed by atoms with E-state index in [0.29, 0.717) is 5.52 Å². The smallest absolute Gasteiger partial charge is 0.253 e. The number of hydrogen-bond acceptors (Lipinski definition) is 2. The van der Waals surface area contributed by atoms with Crippen LogP contribution in [0.4, 0.5) is 4.39 Å². The Bertz CT molecular complexity index is 619. The van der Waals surface area contributed by atoms with Crippen LogP contribution in [-0.2, 0) is 13.5 Å². The lowest BCUT2D eigenvalue weighted by Crippen LogP contribution is -2.22. The van der Waals surface area contributed by atoms with Crippen LogP contribution in [0, 0.1) is 5.82 Å². The first-order valence-electron chi connectivity index (χ1n) is 6.06. The van der Waals surface area contributed by atoms with Crippen LogP contribution < -0.4 is 10.9 Å². The third-order valence-corrected chi connectivity index (χ3v) is 3.14. The van der Waals surface area contributed by atoms with Gasteiger partial charge in [-0.05, 0) is 56.1 Å². The molecular formula is C14H17FN2O. The summed E-state index contributed by atoms with van der Waals surface area (Å²) in [6.45, 7) is 0.880. The summed E-state index contributed by atoms with van der Waals surface area (Å²) in [4.78, 5) is 12.1. The van der Waals surface area contributed by atoms with Gasteiger partial charge in [0.15, 0.2) is 0 Å². The van der Waals surface area contributed by atoms with Crippen LogP contribution in [0.3, 0.4) is 0 Å². The maximum absolute atomic E-state index is 13.2. The highest BCUT2D eigenvalue weighted by Gasteiger charge is 2.07. The van der Waals surface area contributed by atoms with Gasteiger partial charge in [0.2, 0.25) is 0 Å². The predicted molar refractivity (Wildman–Crippen MR) is 71.4 cm³/mol. The number of halogens is 1. The first kappa shape index (κ1) is 12.8. The molecule has 18 heavy (non-hydrogen) atoms. The van der Waals surface area contributed by atoms with Gasteiger partial charge in [-0.2, -0.15) is 0 Å². The molecule has 2 aromatic rings. The van der Waals surface area contributed by atoms with Crippen molar-refractivity contribution in [3.8, 4) is 0 Å². The van der Waals surface area contributed by atoms with Crippen molar-refractivity contribution in [2.45, 2.75) is 12.8 Å². The second-order valence-electron chi connectivity index (χ2n) is 4.44. The van der Waals surface area contributed by atoms with E-state index in [1.165, 1.54) is 16.7 Å². The molecule has 3 nitrogen and oxygen atoms in total. The van der Waals surface area contributed by atoms with Crippen LogP contribution in [0.1, 0.15) is 12.0 Å². The molecule has 96 valence electrons. The summed E-state index contributed by atoms with van der Waals surface area (Å²) in [5.74, 6) is -0.319. The van der Waals surface area contributed by atoms with Crippen molar-refractivity contribution in [1.29, 1.82) is 0 Å². The molecule has 0 aliphatic rings. The van der Waals surface area contributed by atoms with Crippen LogP contribution in [-0.4, -0.2) is 18.2 Å². The van der Waals surface area contributed by atoms with Gasteiger partial charge in [-0.1, -0.05) is 0 Å². The molecule has 0 aliphatic heterocycles. The molecule has 0 saturated carbocycles. The number of pyridine rings is 1. The van der Waals surface area contributed by atoms with E-state index in [1.54, 1.807) is 13.1 Å². The number of rotatable bonds is 4. The van der Waals surface area contributed by atoms with Gasteiger partial charge in [0, 0.05) is 12.6 Å². The van der Waals surface area contributed by atoms with Gasteiger partial charge in [0.1, 0.15) is 5.82 Å². The second-order valence-corrected chi connectivity index (χ2v) is 4.44. The first-order chi connectivity index (χ1) is 8.63. The van der Waals surface area contributed by atoms with Gasteiger partial charge in [0.25, 0.3) is 5.56 Å². The molecule has 1 aromatic heterocycles. The quantitative estimate of drug-likeness (QED) is 0.838. The molecule has 0 fully saturated rings. The van der Waals surface area contributed by atoms with Crippen molar-refractivity contribution in [1.82, 2.24) is 9.88 Å². The fraction of sp³-hybridized carbons (Fsp3) is 0.357. The normalized spacial score (nSPS) is 11.1. The van der Waals surface area contributed by atoms with Crippen molar-refractivity contribution >= 4 is 10.9 Å². The third kappa shape index (κ3) is 2.43. The molecule has 2 rings (SSSR count). The number of benzene rings is 1. The standard InChI is InChI=1S/C14H17FN2O/c1-16-7-3-4-11-8-10-5-6-12(15)9-13(10)17(2)14(11)18/h5-6,8-9,16H,3-4,7H2,1-2H3. The lowest BCUT2D eigenvalue weighted by Gasteiger charge is -2.08. The predicted octanol–water partition coefficient (Wildman–Crippen LogP) is 1.83. The molecule has 1 heterocycles. The largest absolute Gasteiger partial charge is 0.320 e. The molecule has 0 bridgehead atoms. The molecule has 0 radical (unpaired) electrons. The fourth-order valence-corrected chi connectivity index (χ4v) is 2.14. The summed E-state index contributed by atoms with van der Waals surface area (Å²) in [5.41, 5.74) is 1.38. The van der Waals surface area contributed by atoms with Gasteiger partial charge in [-0.15, -0.1) is 0 Å². The van der Waals surface area contributed by atoms with Crippen molar-refractivity contribution in [2.75, 3.05) is 13.6 Å². The highest BCUT2D eigenvalue weighted by atomic mass is 19.1. The number of hydrogen-bond donors (Lipinski definition) is 1. The first-order valence-corrected chi connectivity index (χ1v) is 6.06. The lowest BCUT2D eigenvalue weighted by atomic mass is 10.1. The molecule has 0 spiro atoms. The van der Waals surface area contributed by atoms with E-state index in [4.69, 9.17) is 0 Å². The zero-order chi connectivity index (χ0) is 13.1. The fourth-order valence-electron chi connectivity index (χ4n) is 2.14. The van der Waals surface area contributed by atoms with E-state index in [2.05, 4.69) is 5.32 Å². The van der Waals surface area contributed by atoms with Gasteiger partial charge in [-0.25, -0.2) is 4.39 Å². The van der Waals surface area contributed by atoms with Gasteiger partial charge in [0.05, 0.1) is 5.52 Å². The van der Waals surface area contributed by atoms with Crippen molar-refractivity contribution in [2.24, 2.45) is 7.05 Å². The summed E-state index contributed by atoms with van der Waals surface area (Å²) < 4.78 is 14.7. The average Bonchev–Trinajstić information content (AvgIpc) is 2.36. The summed E-state index contributed by atoms with van der Waals surface area (Å²) in [5, 5.41) is 3.96. The van der Waals surface area contributed by atoms with Crippen LogP contribution >= 0.6 is 0 Å². The van der Waals surface area contributed by atoms with E-state index < -0.39 is 0 Å². The molecule has 1 N–H and O–H groups in total. The van der Waals surface area contributed by atoms with Crippen LogP contribution in [0.2, 0.25) is 0 Å². The van der Waals surface area contributed by atoms with Crippen molar-refractivity contribution in [3.63, 3.8) is 0 Å². The lowest BCUT2D eigenvalue weighted by molar-refractivity contribution is 0.628. The second kappa shape index (κ2) is 5.31. The maximum Gasteiger partial charge on any atom is 0.253 e. The van der Waals surface area contributed by atoms with Gasteiger partial charge < -0.3 is 9.88 Å². The number of fused-ring (bicyclic) bond motifs is 1. The molecule has 0 atom stereocenters. The Labute approximate surface area is 105 Å². The Morgan fingerprint density at radius 3 is 2.83 bits per heavy atom. The minimum absolute atomic E-state index is 0.0378. The Hall–Kier alpha value is -1.68. The molecule has 1 aromatic carbocycles. The van der Waals surface area contributed by atoms with E-state index in [9.17, 15) is 9.18 Å². The number of aryl methyl sites for hydroxylation is 2. The highest BCUT2D eigenvalue weighted by Crippen LogP contribution is 2.15.